The van der Waals surface area contributed by atoms with Crippen LogP contribution >= 0.6 is 23.2 Å². The van der Waals surface area contributed by atoms with Crippen LogP contribution in [-0.2, 0) is 0 Å². The molecule has 0 radical (unpaired) electrons. The van der Waals surface area contributed by atoms with Crippen molar-refractivity contribution in [3.8, 4) is 23.4 Å². The molecule has 0 aliphatic rings. The fraction of sp³-hybridized carbons (Fsp3) is 0.222. The van der Waals surface area contributed by atoms with Crippen LogP contribution in [0.2, 0.25) is 10.0 Å². The van der Waals surface area contributed by atoms with E-state index in [-0.39, 0.29) is 38.8 Å². The number of aromatic amines is 2. The smallest absolute Gasteiger partial charge is 0.349 e. The van der Waals surface area contributed by atoms with Crippen LogP contribution in [0.1, 0.15) is 36.6 Å². The van der Waals surface area contributed by atoms with Crippen LogP contribution in [0.5, 0.6) is 11.6 Å². The highest BCUT2D eigenvalue weighted by molar-refractivity contribution is 6.37. The molecule has 0 saturated heterocycles. The summed E-state index contributed by atoms with van der Waals surface area (Å²) in [7, 11) is 0. The molecule has 0 amide bonds. The number of aromatic nitrogens is 5. The third kappa shape index (κ3) is 3.85. The molecule has 0 saturated carbocycles. The average molecular weight is 449 g/mol. The molecule has 10 nitrogen and oxygen atoms in total. The highest BCUT2D eigenvalue weighted by atomic mass is 35.5. The zero-order valence-corrected chi connectivity index (χ0v) is 17.4. The van der Waals surface area contributed by atoms with Gasteiger partial charge in [0.1, 0.15) is 6.07 Å². The predicted molar refractivity (Wildman–Crippen MR) is 109 cm³/mol. The summed E-state index contributed by atoms with van der Waals surface area (Å²) in [5, 5.41) is 19.0. The molecular weight excluding hydrogens is 435 g/mol. The molecular formula is C18H14Cl2N6O4. The molecule has 0 unspecified atom stereocenters. The van der Waals surface area contributed by atoms with Gasteiger partial charge in [-0.1, -0.05) is 37.0 Å². The zero-order valence-electron chi connectivity index (χ0n) is 15.9. The Morgan fingerprint density at radius 2 is 1.80 bits per heavy atom. The molecule has 0 spiro atoms. The van der Waals surface area contributed by atoms with Crippen LogP contribution in [-0.4, -0.2) is 25.0 Å². The van der Waals surface area contributed by atoms with Crippen molar-refractivity contribution in [1.82, 2.24) is 25.0 Å². The van der Waals surface area contributed by atoms with E-state index in [1.54, 1.807) is 13.0 Å². The lowest BCUT2D eigenvalue weighted by atomic mass is 10.0. The summed E-state index contributed by atoms with van der Waals surface area (Å²) in [4.78, 5) is 37.6. The zero-order chi connectivity index (χ0) is 22.2. The fourth-order valence-corrected chi connectivity index (χ4v) is 3.39. The van der Waals surface area contributed by atoms with Gasteiger partial charge in [-0.3, -0.25) is 14.6 Å². The standard InChI is InChI=1S/C18H14Cl2N6O4/c1-7(2)13-8(3)17(24-23-16(13)28)30-14-10(19)4-9(5-11(14)20)26-18(29)22-15(27)12(6-21)25-26/h4-5,7H,1-3H3,(H,23,28)(H,22,27,29). The molecule has 12 heteroatoms. The van der Waals surface area contributed by atoms with Gasteiger partial charge in [-0.15, -0.1) is 10.2 Å². The Labute approximate surface area is 178 Å². The molecule has 0 aliphatic heterocycles. The molecule has 0 fully saturated rings. The van der Waals surface area contributed by atoms with E-state index in [2.05, 4.69) is 15.3 Å². The van der Waals surface area contributed by atoms with Crippen molar-refractivity contribution >= 4 is 23.2 Å². The highest BCUT2D eigenvalue weighted by Gasteiger charge is 2.19. The molecule has 154 valence electrons. The summed E-state index contributed by atoms with van der Waals surface area (Å²) >= 11 is 12.6. The maximum Gasteiger partial charge on any atom is 0.349 e. The Morgan fingerprint density at radius 3 is 2.37 bits per heavy atom. The lowest BCUT2D eigenvalue weighted by Gasteiger charge is -2.15. The molecule has 0 atom stereocenters. The SMILES string of the molecule is Cc1c(Oc2c(Cl)cc(-n3nc(C#N)c(=O)[nH]c3=O)cc2Cl)n[nH]c(=O)c1C(C)C. The van der Waals surface area contributed by atoms with E-state index in [4.69, 9.17) is 33.2 Å². The first-order chi connectivity index (χ1) is 14.1. The number of H-pyrrole nitrogens is 2. The quantitative estimate of drug-likeness (QED) is 0.622. The van der Waals surface area contributed by atoms with E-state index in [1.807, 2.05) is 18.8 Å². The van der Waals surface area contributed by atoms with Crippen molar-refractivity contribution in [2.45, 2.75) is 26.7 Å². The monoisotopic (exact) mass is 448 g/mol. The number of nitrogens with one attached hydrogen (secondary N) is 2. The average Bonchev–Trinajstić information content (AvgIpc) is 2.66. The summed E-state index contributed by atoms with van der Waals surface area (Å²) in [5.74, 6) is 0.0818. The van der Waals surface area contributed by atoms with E-state index in [0.717, 1.165) is 4.68 Å². The molecule has 1 aromatic carbocycles. The van der Waals surface area contributed by atoms with Gasteiger partial charge >= 0.3 is 5.69 Å². The molecule has 2 heterocycles. The van der Waals surface area contributed by atoms with E-state index >= 15 is 0 Å². The number of rotatable bonds is 4. The van der Waals surface area contributed by atoms with E-state index in [0.29, 0.717) is 11.1 Å². The van der Waals surface area contributed by atoms with Crippen LogP contribution in [0.25, 0.3) is 5.69 Å². The maximum absolute atomic E-state index is 12.1. The van der Waals surface area contributed by atoms with Gasteiger partial charge in [0.25, 0.3) is 11.1 Å². The van der Waals surface area contributed by atoms with Gasteiger partial charge in [-0.2, -0.15) is 9.94 Å². The summed E-state index contributed by atoms with van der Waals surface area (Å²) < 4.78 is 6.52. The predicted octanol–water partition coefficient (Wildman–Crippen LogP) is 2.41. The number of benzene rings is 1. The van der Waals surface area contributed by atoms with Crippen molar-refractivity contribution in [2.24, 2.45) is 0 Å². The van der Waals surface area contributed by atoms with Gasteiger partial charge in [0.15, 0.2) is 5.75 Å². The number of nitriles is 1. The first kappa shape index (κ1) is 21.3. The van der Waals surface area contributed by atoms with Crippen molar-refractivity contribution in [3.63, 3.8) is 0 Å². The van der Waals surface area contributed by atoms with Crippen LogP contribution < -0.4 is 21.5 Å². The lowest BCUT2D eigenvalue weighted by Crippen LogP contribution is -2.33. The largest absolute Gasteiger partial charge is 0.434 e. The third-order valence-corrected chi connectivity index (χ3v) is 4.73. The summed E-state index contributed by atoms with van der Waals surface area (Å²) in [6.07, 6.45) is 0. The van der Waals surface area contributed by atoms with Crippen LogP contribution in [0.3, 0.4) is 0 Å². The van der Waals surface area contributed by atoms with Gasteiger partial charge < -0.3 is 4.74 Å². The lowest BCUT2D eigenvalue weighted by molar-refractivity contribution is 0.448. The first-order valence-electron chi connectivity index (χ1n) is 8.54. The minimum Gasteiger partial charge on any atom is -0.434 e. The molecule has 2 aromatic heterocycles. The summed E-state index contributed by atoms with van der Waals surface area (Å²) in [6, 6.07) is 4.23. The molecule has 2 N–H and O–H groups in total. The number of hydrogen-bond acceptors (Lipinski definition) is 7. The number of ether oxygens (including phenoxy) is 1. The van der Waals surface area contributed by atoms with Crippen molar-refractivity contribution in [3.05, 3.63) is 70.2 Å². The Morgan fingerprint density at radius 1 is 1.17 bits per heavy atom. The second-order valence-electron chi connectivity index (χ2n) is 6.52. The van der Waals surface area contributed by atoms with Crippen LogP contribution in [0.4, 0.5) is 0 Å². The molecule has 30 heavy (non-hydrogen) atoms. The van der Waals surface area contributed by atoms with E-state index in [1.165, 1.54) is 12.1 Å². The van der Waals surface area contributed by atoms with E-state index < -0.39 is 16.9 Å². The Bertz CT molecular complexity index is 1340. The number of halogens is 2. The Hall–Kier alpha value is -3.42. The topological polar surface area (TPSA) is 147 Å². The van der Waals surface area contributed by atoms with Gasteiger partial charge in [-0.25, -0.2) is 9.89 Å². The highest BCUT2D eigenvalue weighted by Crippen LogP contribution is 2.38. The third-order valence-electron chi connectivity index (χ3n) is 4.17. The van der Waals surface area contributed by atoms with Gasteiger partial charge in [0, 0.05) is 11.1 Å². The van der Waals surface area contributed by atoms with Crippen LogP contribution in [0, 0.1) is 18.3 Å². The number of hydrogen-bond donors (Lipinski definition) is 2. The summed E-state index contributed by atoms with van der Waals surface area (Å²) in [5.41, 5.74) is -1.46. The molecule has 3 rings (SSSR count). The van der Waals surface area contributed by atoms with E-state index in [9.17, 15) is 14.4 Å². The molecule has 3 aromatic rings. The fourth-order valence-electron chi connectivity index (χ4n) is 2.84. The maximum atomic E-state index is 12.1. The van der Waals surface area contributed by atoms with Crippen LogP contribution in [0.15, 0.2) is 26.5 Å². The Balaban J connectivity index is 2.09. The molecule has 0 aliphatic carbocycles. The minimum atomic E-state index is -0.906. The van der Waals surface area contributed by atoms with Crippen molar-refractivity contribution < 1.29 is 4.74 Å². The first-order valence-corrected chi connectivity index (χ1v) is 9.29. The minimum absolute atomic E-state index is 0.00871. The van der Waals surface area contributed by atoms with Gasteiger partial charge in [0.05, 0.1) is 15.7 Å². The van der Waals surface area contributed by atoms with Crippen molar-refractivity contribution in [1.29, 1.82) is 5.26 Å². The molecule has 0 bridgehead atoms. The normalized spacial score (nSPS) is 10.8. The second kappa shape index (κ2) is 8.14. The van der Waals surface area contributed by atoms with Gasteiger partial charge in [0.2, 0.25) is 11.6 Å². The second-order valence-corrected chi connectivity index (χ2v) is 7.34. The Kier molecular flexibility index (Phi) is 5.78. The van der Waals surface area contributed by atoms with Gasteiger partial charge in [-0.05, 0) is 25.0 Å². The summed E-state index contributed by atoms with van der Waals surface area (Å²) in [6.45, 7) is 5.41. The van der Waals surface area contributed by atoms with Crippen molar-refractivity contribution in [2.75, 3.05) is 0 Å². The number of nitrogens with zero attached hydrogens (tertiary/aromatic N) is 4.